The zero-order valence-electron chi connectivity index (χ0n) is 12.2. The van der Waals surface area contributed by atoms with Crippen LogP contribution in [-0.2, 0) is 17.7 Å². The number of ether oxygens (including phenoxy) is 1. The van der Waals surface area contributed by atoms with E-state index in [2.05, 4.69) is 17.6 Å². The minimum Gasteiger partial charge on any atom is -0.389 e. The van der Waals surface area contributed by atoms with Crippen molar-refractivity contribution in [2.75, 3.05) is 13.2 Å². The van der Waals surface area contributed by atoms with Crippen molar-refractivity contribution in [2.24, 2.45) is 5.92 Å². The van der Waals surface area contributed by atoms with E-state index in [1.807, 2.05) is 25.1 Å². The van der Waals surface area contributed by atoms with Crippen molar-refractivity contribution in [3.8, 4) is 0 Å². The van der Waals surface area contributed by atoms with Gasteiger partial charge in [0.2, 0.25) is 0 Å². The van der Waals surface area contributed by atoms with Gasteiger partial charge in [0.05, 0.1) is 23.2 Å². The Morgan fingerprint density at radius 1 is 1.45 bits per heavy atom. The van der Waals surface area contributed by atoms with Crippen LogP contribution in [0.5, 0.6) is 0 Å². The summed E-state index contributed by atoms with van der Waals surface area (Å²) < 4.78 is 7.60. The van der Waals surface area contributed by atoms with Gasteiger partial charge in [-0.05, 0) is 32.4 Å². The van der Waals surface area contributed by atoms with Crippen molar-refractivity contribution in [3.05, 3.63) is 30.1 Å². The zero-order chi connectivity index (χ0) is 14.2. The van der Waals surface area contributed by atoms with Gasteiger partial charge in [0, 0.05) is 25.5 Å². The molecule has 108 valence electrons. The van der Waals surface area contributed by atoms with Crippen molar-refractivity contribution in [1.29, 1.82) is 0 Å². The van der Waals surface area contributed by atoms with Crippen molar-refractivity contribution in [3.63, 3.8) is 0 Å². The number of benzene rings is 1. The van der Waals surface area contributed by atoms with Crippen LogP contribution in [-0.4, -0.2) is 33.5 Å². The molecule has 1 aliphatic rings. The standard InChI is InChI=1S/C16H22N2O2/c1-3-18-14-7-5-4-6-13(14)17-15(18)10-16(2,19)12-8-9-20-11-12/h4-7,12,19H,3,8-11H2,1-2H3. The van der Waals surface area contributed by atoms with Crippen LogP contribution < -0.4 is 0 Å². The van der Waals surface area contributed by atoms with Gasteiger partial charge in [-0.1, -0.05) is 12.1 Å². The van der Waals surface area contributed by atoms with Gasteiger partial charge in [0.1, 0.15) is 5.82 Å². The molecular weight excluding hydrogens is 252 g/mol. The summed E-state index contributed by atoms with van der Waals surface area (Å²) in [5, 5.41) is 10.8. The molecule has 2 atom stereocenters. The van der Waals surface area contributed by atoms with Crippen molar-refractivity contribution < 1.29 is 9.84 Å². The summed E-state index contributed by atoms with van der Waals surface area (Å²) >= 11 is 0. The van der Waals surface area contributed by atoms with Crippen molar-refractivity contribution in [1.82, 2.24) is 9.55 Å². The molecule has 2 aromatic rings. The van der Waals surface area contributed by atoms with Gasteiger partial charge in [-0.2, -0.15) is 0 Å². The fraction of sp³-hybridized carbons (Fsp3) is 0.562. The number of fused-ring (bicyclic) bond motifs is 1. The molecule has 0 saturated carbocycles. The summed E-state index contributed by atoms with van der Waals surface area (Å²) in [7, 11) is 0. The highest BCUT2D eigenvalue weighted by Crippen LogP contribution is 2.29. The fourth-order valence-corrected chi connectivity index (χ4v) is 3.10. The molecule has 1 fully saturated rings. The van der Waals surface area contributed by atoms with Gasteiger partial charge < -0.3 is 14.4 Å². The van der Waals surface area contributed by atoms with Crippen molar-refractivity contribution >= 4 is 11.0 Å². The van der Waals surface area contributed by atoms with Crippen LogP contribution in [0.25, 0.3) is 11.0 Å². The Hall–Kier alpha value is -1.39. The van der Waals surface area contributed by atoms with E-state index < -0.39 is 5.60 Å². The Balaban J connectivity index is 1.93. The average Bonchev–Trinajstić information content (AvgIpc) is 3.05. The number of nitrogens with zero attached hydrogens (tertiary/aromatic N) is 2. The number of rotatable bonds is 4. The summed E-state index contributed by atoms with van der Waals surface area (Å²) in [6.45, 7) is 6.30. The van der Waals surface area contributed by atoms with E-state index in [1.165, 1.54) is 0 Å². The molecule has 1 aliphatic heterocycles. The lowest BCUT2D eigenvalue weighted by Crippen LogP contribution is -2.38. The molecule has 1 aromatic heterocycles. The molecule has 3 rings (SSSR count). The predicted octanol–water partition coefficient (Wildman–Crippen LogP) is 2.39. The van der Waals surface area contributed by atoms with E-state index in [-0.39, 0.29) is 5.92 Å². The number of aryl methyl sites for hydroxylation is 1. The predicted molar refractivity (Wildman–Crippen MR) is 78.7 cm³/mol. The number of aliphatic hydroxyl groups is 1. The summed E-state index contributed by atoms with van der Waals surface area (Å²) in [5.74, 6) is 1.17. The molecule has 0 amide bonds. The Bertz CT molecular complexity index is 598. The van der Waals surface area contributed by atoms with Crippen LogP contribution in [0, 0.1) is 5.92 Å². The summed E-state index contributed by atoms with van der Waals surface area (Å²) in [4.78, 5) is 4.70. The molecule has 0 spiro atoms. The molecule has 1 N–H and O–H groups in total. The number of hydrogen-bond acceptors (Lipinski definition) is 3. The molecule has 4 heteroatoms. The first-order chi connectivity index (χ1) is 9.62. The first kappa shape index (κ1) is 13.6. The van der Waals surface area contributed by atoms with Crippen LogP contribution in [0.3, 0.4) is 0 Å². The van der Waals surface area contributed by atoms with Gasteiger partial charge in [-0.3, -0.25) is 0 Å². The summed E-state index contributed by atoms with van der Waals surface area (Å²) in [6, 6.07) is 8.14. The second-order valence-electron chi connectivity index (χ2n) is 5.86. The van der Waals surface area contributed by atoms with Gasteiger partial charge in [-0.15, -0.1) is 0 Å². The molecule has 2 unspecified atom stereocenters. The summed E-state index contributed by atoms with van der Waals surface area (Å²) in [6.07, 6.45) is 1.50. The zero-order valence-corrected chi connectivity index (χ0v) is 12.2. The lowest BCUT2D eigenvalue weighted by molar-refractivity contribution is -0.00663. The molecular formula is C16H22N2O2. The van der Waals surface area contributed by atoms with Crippen LogP contribution in [0.4, 0.5) is 0 Å². The Morgan fingerprint density at radius 2 is 2.25 bits per heavy atom. The molecule has 0 bridgehead atoms. The fourth-order valence-electron chi connectivity index (χ4n) is 3.10. The third-order valence-electron chi connectivity index (χ3n) is 4.38. The molecule has 1 aromatic carbocycles. The first-order valence-electron chi connectivity index (χ1n) is 7.36. The first-order valence-corrected chi connectivity index (χ1v) is 7.36. The highest BCUT2D eigenvalue weighted by Gasteiger charge is 2.36. The molecule has 4 nitrogen and oxygen atoms in total. The van der Waals surface area contributed by atoms with E-state index in [0.717, 1.165) is 36.4 Å². The van der Waals surface area contributed by atoms with Gasteiger partial charge in [0.25, 0.3) is 0 Å². The Labute approximate surface area is 119 Å². The maximum absolute atomic E-state index is 10.8. The number of imidazole rings is 1. The third kappa shape index (κ3) is 2.34. The van der Waals surface area contributed by atoms with E-state index >= 15 is 0 Å². The van der Waals surface area contributed by atoms with Crippen molar-refractivity contribution in [2.45, 2.75) is 38.8 Å². The van der Waals surface area contributed by atoms with E-state index in [0.29, 0.717) is 13.0 Å². The van der Waals surface area contributed by atoms with E-state index in [4.69, 9.17) is 9.72 Å². The highest BCUT2D eigenvalue weighted by atomic mass is 16.5. The highest BCUT2D eigenvalue weighted by molar-refractivity contribution is 5.75. The van der Waals surface area contributed by atoms with Gasteiger partial charge in [-0.25, -0.2) is 4.98 Å². The third-order valence-corrected chi connectivity index (χ3v) is 4.38. The van der Waals surface area contributed by atoms with Crippen LogP contribution in [0.2, 0.25) is 0 Å². The van der Waals surface area contributed by atoms with Crippen LogP contribution in [0.1, 0.15) is 26.1 Å². The SMILES string of the molecule is CCn1c(CC(C)(O)C2CCOC2)nc2ccccc21. The minimum atomic E-state index is -0.759. The maximum atomic E-state index is 10.8. The molecule has 20 heavy (non-hydrogen) atoms. The quantitative estimate of drug-likeness (QED) is 0.931. The lowest BCUT2D eigenvalue weighted by Gasteiger charge is -2.28. The van der Waals surface area contributed by atoms with Crippen LogP contribution >= 0.6 is 0 Å². The molecule has 1 saturated heterocycles. The van der Waals surface area contributed by atoms with Crippen LogP contribution in [0.15, 0.2) is 24.3 Å². The Kier molecular flexibility index (Phi) is 3.52. The molecule has 0 aliphatic carbocycles. The Morgan fingerprint density at radius 3 is 2.95 bits per heavy atom. The lowest BCUT2D eigenvalue weighted by atomic mass is 9.85. The van der Waals surface area contributed by atoms with Gasteiger partial charge in [0.15, 0.2) is 0 Å². The second kappa shape index (κ2) is 5.19. The molecule has 2 heterocycles. The summed E-state index contributed by atoms with van der Waals surface area (Å²) in [5.41, 5.74) is 1.39. The minimum absolute atomic E-state index is 0.201. The number of aromatic nitrogens is 2. The second-order valence-corrected chi connectivity index (χ2v) is 5.86. The number of hydrogen-bond donors (Lipinski definition) is 1. The average molecular weight is 274 g/mol. The topological polar surface area (TPSA) is 47.3 Å². The van der Waals surface area contributed by atoms with E-state index in [1.54, 1.807) is 0 Å². The maximum Gasteiger partial charge on any atom is 0.112 e. The molecule has 0 radical (unpaired) electrons. The van der Waals surface area contributed by atoms with Gasteiger partial charge >= 0.3 is 0 Å². The van der Waals surface area contributed by atoms with E-state index in [9.17, 15) is 5.11 Å². The monoisotopic (exact) mass is 274 g/mol. The smallest absolute Gasteiger partial charge is 0.112 e. The largest absolute Gasteiger partial charge is 0.389 e. The number of para-hydroxylation sites is 2. The normalized spacial score (nSPS) is 22.2.